The third-order valence-corrected chi connectivity index (χ3v) is 4.32. The van der Waals surface area contributed by atoms with Crippen LogP contribution >= 0.6 is 11.8 Å². The van der Waals surface area contributed by atoms with E-state index in [1.807, 2.05) is 18.2 Å². The lowest BCUT2D eigenvalue weighted by Gasteiger charge is -2.38. The molecule has 1 aromatic rings. The number of hydrogen-bond donors (Lipinski definition) is 2. The summed E-state index contributed by atoms with van der Waals surface area (Å²) in [5, 5.41) is 21.6. The van der Waals surface area contributed by atoms with Crippen LogP contribution in [0.2, 0.25) is 0 Å². The van der Waals surface area contributed by atoms with Gasteiger partial charge in [0.05, 0.1) is 28.5 Å². The molecule has 108 valence electrons. The largest absolute Gasteiger partial charge is 0.388 e. The molecule has 5 heteroatoms. The Morgan fingerprint density at radius 1 is 1.35 bits per heavy atom. The molecule has 0 aliphatic carbocycles. The normalized spacial score (nSPS) is 11.8. The van der Waals surface area contributed by atoms with Gasteiger partial charge in [-0.15, -0.1) is 11.8 Å². The average Bonchev–Trinajstić information content (AvgIpc) is 2.34. The summed E-state index contributed by atoms with van der Waals surface area (Å²) in [6, 6.07) is 9.19. The maximum absolute atomic E-state index is 12.4. The molecule has 0 aliphatic rings. The van der Waals surface area contributed by atoms with E-state index in [1.54, 1.807) is 39.8 Å². The molecule has 0 bridgehead atoms. The second kappa shape index (κ2) is 6.29. The van der Waals surface area contributed by atoms with Crippen LogP contribution in [0.1, 0.15) is 38.1 Å². The minimum atomic E-state index is -1.04. The Kier molecular flexibility index (Phi) is 5.21. The van der Waals surface area contributed by atoms with Crippen molar-refractivity contribution in [2.45, 2.75) is 43.7 Å². The van der Waals surface area contributed by atoms with Gasteiger partial charge < -0.3 is 10.4 Å². The number of aliphatic hydroxyl groups is 1. The number of carbonyl (C=O) groups excluding carboxylic acids is 1. The van der Waals surface area contributed by atoms with Crippen molar-refractivity contribution < 1.29 is 9.90 Å². The highest BCUT2D eigenvalue weighted by Gasteiger charge is 2.36. The van der Waals surface area contributed by atoms with Crippen molar-refractivity contribution in [2.24, 2.45) is 0 Å². The lowest BCUT2D eigenvalue weighted by atomic mass is 9.86. The van der Waals surface area contributed by atoms with E-state index < -0.39 is 11.1 Å². The second-order valence-electron chi connectivity index (χ2n) is 5.58. The van der Waals surface area contributed by atoms with Gasteiger partial charge in [0.1, 0.15) is 0 Å². The number of amides is 1. The monoisotopic (exact) mass is 292 g/mol. The number of nitriles is 1. The first-order chi connectivity index (χ1) is 9.19. The van der Waals surface area contributed by atoms with Crippen molar-refractivity contribution >= 4 is 17.7 Å². The molecular weight excluding hydrogens is 272 g/mol. The van der Waals surface area contributed by atoms with Crippen molar-refractivity contribution in [3.05, 3.63) is 29.8 Å². The average molecular weight is 292 g/mol. The predicted octanol–water partition coefficient (Wildman–Crippen LogP) is 2.58. The molecule has 0 unspecified atom stereocenters. The molecule has 0 saturated heterocycles. The molecule has 0 saturated carbocycles. The van der Waals surface area contributed by atoms with Gasteiger partial charge >= 0.3 is 0 Å². The van der Waals surface area contributed by atoms with Gasteiger partial charge in [-0.2, -0.15) is 5.26 Å². The summed E-state index contributed by atoms with van der Waals surface area (Å²) >= 11 is 1.32. The summed E-state index contributed by atoms with van der Waals surface area (Å²) in [6.45, 7) is 6.86. The van der Waals surface area contributed by atoms with E-state index in [4.69, 9.17) is 5.26 Å². The van der Waals surface area contributed by atoms with Gasteiger partial charge in [0.25, 0.3) is 5.91 Å². The third kappa shape index (κ3) is 3.99. The van der Waals surface area contributed by atoms with Gasteiger partial charge in [-0.25, -0.2) is 0 Å². The highest BCUT2D eigenvalue weighted by atomic mass is 32.2. The van der Waals surface area contributed by atoms with Crippen molar-refractivity contribution in [1.29, 1.82) is 5.26 Å². The molecule has 1 rings (SSSR count). The Hall–Kier alpha value is -1.51. The molecule has 0 atom stereocenters. The molecule has 1 aromatic carbocycles. The molecule has 0 radical (unpaired) electrons. The molecule has 4 nitrogen and oxygen atoms in total. The second-order valence-corrected chi connectivity index (χ2v) is 6.60. The Balaban J connectivity index is 2.96. The van der Waals surface area contributed by atoms with E-state index in [0.29, 0.717) is 11.3 Å². The summed E-state index contributed by atoms with van der Waals surface area (Å²) in [7, 11) is 0. The van der Waals surface area contributed by atoms with Gasteiger partial charge in [-0.3, -0.25) is 4.79 Å². The zero-order valence-electron chi connectivity index (χ0n) is 12.2. The number of rotatable bonds is 5. The van der Waals surface area contributed by atoms with Gasteiger partial charge in [0.2, 0.25) is 0 Å². The van der Waals surface area contributed by atoms with Crippen LogP contribution in [0.5, 0.6) is 0 Å². The van der Waals surface area contributed by atoms with E-state index in [2.05, 4.69) is 5.32 Å². The lowest BCUT2D eigenvalue weighted by Crippen LogP contribution is -2.57. The topological polar surface area (TPSA) is 73.1 Å². The maximum Gasteiger partial charge on any atom is 0.252 e. The van der Waals surface area contributed by atoms with E-state index >= 15 is 0 Å². The summed E-state index contributed by atoms with van der Waals surface area (Å²) in [5.74, 6) is 0.0392. The number of hydrogen-bond acceptors (Lipinski definition) is 4. The van der Waals surface area contributed by atoms with Crippen LogP contribution in [-0.2, 0) is 0 Å². The van der Waals surface area contributed by atoms with Gasteiger partial charge in [-0.1, -0.05) is 12.1 Å². The first-order valence-electron chi connectivity index (χ1n) is 6.33. The van der Waals surface area contributed by atoms with Crippen LogP contribution in [0.25, 0.3) is 0 Å². The number of thioether (sulfide) groups is 1. The third-order valence-electron chi connectivity index (χ3n) is 3.38. The number of carbonyl (C=O) groups is 1. The Bertz CT molecular complexity index is 527. The van der Waals surface area contributed by atoms with Crippen LogP contribution < -0.4 is 5.32 Å². The van der Waals surface area contributed by atoms with Crippen molar-refractivity contribution in [3.63, 3.8) is 0 Å². The molecule has 0 aromatic heterocycles. The van der Waals surface area contributed by atoms with Gasteiger partial charge in [-0.05, 0) is 39.8 Å². The van der Waals surface area contributed by atoms with Crippen LogP contribution in [0.15, 0.2) is 29.2 Å². The summed E-state index contributed by atoms with van der Waals surface area (Å²) in [6.07, 6.45) is 0. The van der Waals surface area contributed by atoms with Crippen molar-refractivity contribution in [3.8, 4) is 6.07 Å². The smallest absolute Gasteiger partial charge is 0.252 e. The molecule has 0 spiro atoms. The molecule has 0 fully saturated rings. The fraction of sp³-hybridized carbons (Fsp3) is 0.467. The van der Waals surface area contributed by atoms with Crippen LogP contribution in [0.4, 0.5) is 0 Å². The van der Waals surface area contributed by atoms with E-state index in [-0.39, 0.29) is 5.91 Å². The molecule has 2 N–H and O–H groups in total. The Morgan fingerprint density at radius 2 is 1.95 bits per heavy atom. The zero-order chi connectivity index (χ0) is 15.4. The standard InChI is InChI=1S/C15H20N2O2S/c1-14(2,15(3,4)19)17-13(18)11-7-5-6-8-12(11)20-10-9-16/h5-8,19H,10H2,1-4H3,(H,17,18). The maximum atomic E-state index is 12.4. The van der Waals surface area contributed by atoms with Crippen LogP contribution in [0.3, 0.4) is 0 Å². The summed E-state index contributed by atoms with van der Waals surface area (Å²) < 4.78 is 0. The highest BCUT2D eigenvalue weighted by Crippen LogP contribution is 2.25. The molecule has 1 amide bonds. The number of nitrogens with zero attached hydrogens (tertiary/aromatic N) is 1. The van der Waals surface area contributed by atoms with E-state index in [0.717, 1.165) is 4.90 Å². The predicted molar refractivity (Wildman–Crippen MR) is 80.6 cm³/mol. The molecule has 0 aliphatic heterocycles. The fourth-order valence-electron chi connectivity index (χ4n) is 1.39. The minimum absolute atomic E-state index is 0.252. The number of nitrogens with one attached hydrogen (secondary N) is 1. The lowest BCUT2D eigenvalue weighted by molar-refractivity contribution is -0.00298. The minimum Gasteiger partial charge on any atom is -0.388 e. The fourth-order valence-corrected chi connectivity index (χ4v) is 2.11. The van der Waals surface area contributed by atoms with Crippen molar-refractivity contribution in [2.75, 3.05) is 5.75 Å². The Labute approximate surface area is 124 Å². The summed E-state index contributed by atoms with van der Waals surface area (Å²) in [4.78, 5) is 13.1. The molecule has 0 heterocycles. The zero-order valence-corrected chi connectivity index (χ0v) is 13.0. The van der Waals surface area contributed by atoms with E-state index in [9.17, 15) is 9.90 Å². The highest BCUT2D eigenvalue weighted by molar-refractivity contribution is 7.99. The van der Waals surface area contributed by atoms with Gasteiger partial charge in [0.15, 0.2) is 0 Å². The van der Waals surface area contributed by atoms with Crippen molar-refractivity contribution in [1.82, 2.24) is 5.32 Å². The summed E-state index contributed by atoms with van der Waals surface area (Å²) in [5.41, 5.74) is -1.29. The van der Waals surface area contributed by atoms with Crippen LogP contribution in [-0.4, -0.2) is 27.9 Å². The van der Waals surface area contributed by atoms with Gasteiger partial charge in [0, 0.05) is 4.90 Å². The SMILES string of the molecule is CC(C)(O)C(C)(C)NC(=O)c1ccccc1SCC#N. The van der Waals surface area contributed by atoms with Crippen LogP contribution in [0, 0.1) is 11.3 Å². The quantitative estimate of drug-likeness (QED) is 0.818. The Morgan fingerprint density at radius 3 is 2.50 bits per heavy atom. The first kappa shape index (κ1) is 16.5. The first-order valence-corrected chi connectivity index (χ1v) is 7.31. The molecular formula is C15H20N2O2S. The molecule has 20 heavy (non-hydrogen) atoms. The number of benzene rings is 1. The van der Waals surface area contributed by atoms with E-state index in [1.165, 1.54) is 11.8 Å².